The summed E-state index contributed by atoms with van der Waals surface area (Å²) in [6.07, 6.45) is -0.959. The molecule has 0 radical (unpaired) electrons. The van der Waals surface area contributed by atoms with Gasteiger partial charge in [-0.05, 0) is 36.2 Å². The summed E-state index contributed by atoms with van der Waals surface area (Å²) < 4.78 is 3.07. The van der Waals surface area contributed by atoms with Crippen molar-refractivity contribution in [2.75, 3.05) is 31.1 Å². The third-order valence-electron chi connectivity index (χ3n) is 5.47. The molecule has 10 nitrogen and oxygen atoms in total. The number of aromatic nitrogens is 4. The average Bonchev–Trinajstić information content (AvgIpc) is 3.19. The largest absolute Gasteiger partial charge is 0.465 e. The van der Waals surface area contributed by atoms with Gasteiger partial charge in [0.1, 0.15) is 0 Å². The molecule has 1 N–H and O–H groups in total. The molecule has 0 spiro atoms. The minimum absolute atomic E-state index is 0.00494. The summed E-state index contributed by atoms with van der Waals surface area (Å²) in [5, 5.41) is 18.2. The summed E-state index contributed by atoms with van der Waals surface area (Å²) in [5.74, 6) is 6.32. The standard InChI is InChI=1S/C22H20ClN7O3/c1-2-3-8-29-17-18(26-21(29)27-9-11-28(12-10-27)22(32)33)25-20(23)30(19(17)31)14-16-6-4-15(13-24)5-7-16/h4-7H,8-12,14H2,1H3,(H,32,33). The molecule has 0 saturated carbocycles. The normalized spacial score (nSPS) is 13.5. The number of nitrogens with zero attached hydrogens (tertiary/aromatic N) is 7. The van der Waals surface area contributed by atoms with E-state index in [1.54, 1.807) is 35.8 Å². The Morgan fingerprint density at radius 2 is 1.85 bits per heavy atom. The number of hydrogen-bond acceptors (Lipinski definition) is 6. The number of carbonyl (C=O) groups is 1. The Kier molecular flexibility index (Phi) is 6.20. The number of benzene rings is 1. The Hall–Kier alpha value is -4.02. The lowest BCUT2D eigenvalue weighted by Crippen LogP contribution is -2.49. The van der Waals surface area contributed by atoms with Gasteiger partial charge < -0.3 is 14.9 Å². The summed E-state index contributed by atoms with van der Waals surface area (Å²) in [6, 6.07) is 8.94. The lowest BCUT2D eigenvalue weighted by Gasteiger charge is -2.33. The summed E-state index contributed by atoms with van der Waals surface area (Å²) in [6.45, 7) is 3.65. The fourth-order valence-corrected chi connectivity index (χ4v) is 3.95. The second-order valence-electron chi connectivity index (χ2n) is 7.43. The van der Waals surface area contributed by atoms with E-state index in [0.29, 0.717) is 37.7 Å². The first-order chi connectivity index (χ1) is 15.9. The Morgan fingerprint density at radius 1 is 1.15 bits per heavy atom. The highest BCUT2D eigenvalue weighted by Gasteiger charge is 2.26. The van der Waals surface area contributed by atoms with Gasteiger partial charge in [0.05, 0.1) is 24.7 Å². The van der Waals surface area contributed by atoms with Gasteiger partial charge in [0.15, 0.2) is 11.2 Å². The van der Waals surface area contributed by atoms with Crippen LogP contribution in [0.3, 0.4) is 0 Å². The monoisotopic (exact) mass is 465 g/mol. The molecule has 33 heavy (non-hydrogen) atoms. The summed E-state index contributed by atoms with van der Waals surface area (Å²) in [7, 11) is 0. The maximum absolute atomic E-state index is 13.5. The average molecular weight is 466 g/mol. The van der Waals surface area contributed by atoms with E-state index in [2.05, 4.69) is 27.9 Å². The van der Waals surface area contributed by atoms with Crippen LogP contribution in [0.25, 0.3) is 11.2 Å². The van der Waals surface area contributed by atoms with Crippen LogP contribution < -0.4 is 10.5 Å². The third kappa shape index (κ3) is 4.34. The molecule has 1 amide bonds. The molecular weight excluding hydrogens is 446 g/mol. The molecule has 1 aliphatic rings. The van der Waals surface area contributed by atoms with Crippen LogP contribution in [0.4, 0.5) is 10.7 Å². The van der Waals surface area contributed by atoms with Crippen molar-refractivity contribution < 1.29 is 9.90 Å². The number of halogens is 1. The van der Waals surface area contributed by atoms with E-state index in [1.807, 2.05) is 4.90 Å². The number of fused-ring (bicyclic) bond motifs is 1. The zero-order valence-corrected chi connectivity index (χ0v) is 18.6. The van der Waals surface area contributed by atoms with Crippen LogP contribution in [0.5, 0.6) is 0 Å². The zero-order valence-electron chi connectivity index (χ0n) is 17.8. The summed E-state index contributed by atoms with van der Waals surface area (Å²) in [4.78, 5) is 36.9. The lowest BCUT2D eigenvalue weighted by atomic mass is 10.1. The molecular formula is C22H20ClN7O3. The number of anilines is 1. The van der Waals surface area contributed by atoms with Crippen molar-refractivity contribution in [1.29, 1.82) is 5.26 Å². The first kappa shape index (κ1) is 22.2. The fourth-order valence-electron chi connectivity index (χ4n) is 3.73. The van der Waals surface area contributed by atoms with Gasteiger partial charge in [-0.3, -0.25) is 13.9 Å². The number of imidazole rings is 1. The number of rotatable bonds is 4. The second-order valence-corrected chi connectivity index (χ2v) is 7.77. The Bertz CT molecular complexity index is 1370. The van der Waals surface area contributed by atoms with Gasteiger partial charge in [-0.2, -0.15) is 15.2 Å². The van der Waals surface area contributed by atoms with Gasteiger partial charge in [0.25, 0.3) is 5.56 Å². The molecule has 168 valence electrons. The molecule has 0 unspecified atom stereocenters. The highest BCUT2D eigenvalue weighted by Crippen LogP contribution is 2.22. The molecule has 0 atom stereocenters. The van der Waals surface area contributed by atoms with Crippen LogP contribution in [0.1, 0.15) is 18.1 Å². The Balaban J connectivity index is 1.77. The van der Waals surface area contributed by atoms with Gasteiger partial charge in [0, 0.05) is 26.2 Å². The van der Waals surface area contributed by atoms with E-state index in [-0.39, 0.29) is 35.1 Å². The SMILES string of the molecule is CC#CCn1c(N2CCN(C(=O)O)CC2)nc2nc(Cl)n(Cc3ccc(C#N)cc3)c(=O)c21. The molecule has 1 aliphatic heterocycles. The topological polar surface area (TPSA) is 120 Å². The first-order valence-electron chi connectivity index (χ1n) is 10.2. The molecule has 3 aromatic rings. The highest BCUT2D eigenvalue weighted by molar-refractivity contribution is 6.28. The van der Waals surface area contributed by atoms with Crippen molar-refractivity contribution >= 4 is 34.8 Å². The van der Waals surface area contributed by atoms with Crippen molar-refractivity contribution in [3.05, 3.63) is 51.0 Å². The minimum Gasteiger partial charge on any atom is -0.465 e. The molecule has 1 fully saturated rings. The van der Waals surface area contributed by atoms with Crippen molar-refractivity contribution in [3.63, 3.8) is 0 Å². The molecule has 11 heteroatoms. The van der Waals surface area contributed by atoms with E-state index < -0.39 is 6.09 Å². The predicted octanol–water partition coefficient (Wildman–Crippen LogP) is 1.99. The zero-order chi connectivity index (χ0) is 23.5. The van der Waals surface area contributed by atoms with Crippen molar-refractivity contribution in [2.45, 2.75) is 20.0 Å². The number of nitriles is 1. The van der Waals surface area contributed by atoms with Gasteiger partial charge in [-0.1, -0.05) is 18.1 Å². The van der Waals surface area contributed by atoms with Gasteiger partial charge in [0.2, 0.25) is 11.2 Å². The van der Waals surface area contributed by atoms with E-state index in [0.717, 1.165) is 5.56 Å². The van der Waals surface area contributed by atoms with Crippen molar-refractivity contribution in [1.82, 2.24) is 24.0 Å². The van der Waals surface area contributed by atoms with Gasteiger partial charge >= 0.3 is 6.09 Å². The Morgan fingerprint density at radius 3 is 2.45 bits per heavy atom. The van der Waals surface area contributed by atoms with Crippen molar-refractivity contribution in [3.8, 4) is 17.9 Å². The number of carboxylic acid groups (broad SMARTS) is 1. The third-order valence-corrected chi connectivity index (χ3v) is 5.76. The van der Waals surface area contributed by atoms with Crippen molar-refractivity contribution in [2.24, 2.45) is 0 Å². The summed E-state index contributed by atoms with van der Waals surface area (Å²) >= 11 is 6.36. The molecule has 2 aromatic heterocycles. The van der Waals surface area contributed by atoms with Crippen LogP contribution in [0, 0.1) is 23.2 Å². The molecule has 1 saturated heterocycles. The summed E-state index contributed by atoms with van der Waals surface area (Å²) in [5.41, 5.74) is 1.47. The molecule has 0 bridgehead atoms. The number of amides is 1. The van der Waals surface area contributed by atoms with E-state index in [9.17, 15) is 14.7 Å². The first-order valence-corrected chi connectivity index (χ1v) is 10.6. The fraction of sp³-hybridized carbons (Fsp3) is 0.318. The van der Waals surface area contributed by atoms with Crippen LogP contribution >= 0.6 is 11.6 Å². The second kappa shape index (κ2) is 9.23. The molecule has 0 aliphatic carbocycles. The number of hydrogen-bond donors (Lipinski definition) is 1. The van der Waals surface area contributed by atoms with Gasteiger partial charge in [-0.15, -0.1) is 5.92 Å². The minimum atomic E-state index is -0.959. The molecule has 4 rings (SSSR count). The number of piperazine rings is 1. The highest BCUT2D eigenvalue weighted by atomic mass is 35.5. The van der Waals surface area contributed by atoms with Gasteiger partial charge in [-0.25, -0.2) is 4.79 Å². The maximum atomic E-state index is 13.5. The van der Waals surface area contributed by atoms with E-state index in [1.165, 1.54) is 9.47 Å². The van der Waals surface area contributed by atoms with Crippen LogP contribution in [-0.2, 0) is 13.1 Å². The maximum Gasteiger partial charge on any atom is 0.407 e. The smallest absolute Gasteiger partial charge is 0.407 e. The van der Waals surface area contributed by atoms with Crippen LogP contribution in [0.2, 0.25) is 5.28 Å². The Labute approximate surface area is 194 Å². The quantitative estimate of drug-likeness (QED) is 0.462. The van der Waals surface area contributed by atoms with E-state index in [4.69, 9.17) is 16.9 Å². The molecule has 3 heterocycles. The van der Waals surface area contributed by atoms with E-state index >= 15 is 0 Å². The lowest BCUT2D eigenvalue weighted by molar-refractivity contribution is 0.142. The predicted molar refractivity (Wildman–Crippen MR) is 122 cm³/mol. The van der Waals surface area contributed by atoms with Crippen LogP contribution in [0.15, 0.2) is 29.1 Å². The molecule has 1 aromatic carbocycles. The van der Waals surface area contributed by atoms with Crippen LogP contribution in [-0.4, -0.2) is 61.4 Å².